The van der Waals surface area contributed by atoms with Crippen molar-refractivity contribution in [1.29, 1.82) is 0 Å². The standard InChI is InChI=1S/C27H40NO7P/c1-7-8-20-16-23(29)25(22-15-19(4)9-10-21(22)18(2)3)24(17-20)34-26(30)27(11-12-27)35-36(31,32)33-14-13-28(5)6/h15-17,21-22,29H,2,7-14H2,1,3-6H3,(H,31,32)/p-1/t21-,22+/m0/s1. The molecule has 36 heavy (non-hydrogen) atoms. The highest BCUT2D eigenvalue weighted by Gasteiger charge is 2.56. The summed E-state index contributed by atoms with van der Waals surface area (Å²) < 4.78 is 28.4. The van der Waals surface area contributed by atoms with E-state index in [2.05, 4.69) is 12.7 Å². The summed E-state index contributed by atoms with van der Waals surface area (Å²) in [5.41, 5.74) is 1.92. The Labute approximate surface area is 214 Å². The van der Waals surface area contributed by atoms with Crippen LogP contribution in [0.4, 0.5) is 0 Å². The van der Waals surface area contributed by atoms with Gasteiger partial charge in [-0.05, 0) is 83.7 Å². The highest BCUT2D eigenvalue weighted by Crippen LogP contribution is 2.54. The predicted molar refractivity (Wildman–Crippen MR) is 137 cm³/mol. The van der Waals surface area contributed by atoms with Crippen LogP contribution in [0.3, 0.4) is 0 Å². The molecule has 3 rings (SSSR count). The van der Waals surface area contributed by atoms with Gasteiger partial charge in [0.1, 0.15) is 11.5 Å². The molecule has 2 aliphatic rings. The van der Waals surface area contributed by atoms with Gasteiger partial charge in [-0.1, -0.05) is 37.1 Å². The fourth-order valence-electron chi connectivity index (χ4n) is 4.64. The Morgan fingerprint density at radius 1 is 1.33 bits per heavy atom. The van der Waals surface area contributed by atoms with E-state index in [9.17, 15) is 19.4 Å². The maximum atomic E-state index is 13.3. The molecule has 1 aromatic rings. The van der Waals surface area contributed by atoms with Gasteiger partial charge in [0.25, 0.3) is 7.82 Å². The molecule has 8 nitrogen and oxygen atoms in total. The number of benzene rings is 1. The largest absolute Gasteiger partial charge is 0.756 e. The van der Waals surface area contributed by atoms with Gasteiger partial charge in [0.05, 0.1) is 6.61 Å². The number of ether oxygens (including phenoxy) is 1. The van der Waals surface area contributed by atoms with Gasteiger partial charge in [0.2, 0.25) is 0 Å². The number of likely N-dealkylation sites (N-methyl/N-ethyl adjacent to an activating group) is 1. The molecule has 0 heterocycles. The third-order valence-electron chi connectivity index (χ3n) is 6.79. The van der Waals surface area contributed by atoms with Gasteiger partial charge < -0.3 is 24.2 Å². The van der Waals surface area contributed by atoms with E-state index in [4.69, 9.17) is 13.8 Å². The molecule has 1 unspecified atom stereocenters. The minimum Gasteiger partial charge on any atom is -0.756 e. The van der Waals surface area contributed by atoms with E-state index < -0.39 is 19.4 Å². The number of phenols is 1. The van der Waals surface area contributed by atoms with Gasteiger partial charge in [-0.15, -0.1) is 0 Å². The molecule has 0 spiro atoms. The van der Waals surface area contributed by atoms with E-state index >= 15 is 0 Å². The molecule has 2 aliphatic carbocycles. The van der Waals surface area contributed by atoms with Crippen LogP contribution < -0.4 is 9.63 Å². The van der Waals surface area contributed by atoms with E-state index in [1.807, 2.05) is 20.8 Å². The SMILES string of the molecule is C=C(C)[C@@H]1CCC(C)=C[C@H]1c1c(O)cc(CCC)cc1OC(=O)C1(OP(=O)([O-])OCCN(C)C)CC1. The molecule has 200 valence electrons. The van der Waals surface area contributed by atoms with E-state index in [1.54, 1.807) is 31.1 Å². The lowest BCUT2D eigenvalue weighted by Crippen LogP contribution is -2.33. The molecule has 0 bridgehead atoms. The first-order valence-electron chi connectivity index (χ1n) is 12.6. The highest BCUT2D eigenvalue weighted by atomic mass is 31.2. The number of allylic oxidation sites excluding steroid dienone is 3. The minimum absolute atomic E-state index is 0.0539. The molecular weight excluding hydrogens is 481 g/mol. The average Bonchev–Trinajstić information content (AvgIpc) is 3.53. The molecule has 0 aliphatic heterocycles. The third kappa shape index (κ3) is 7.08. The summed E-state index contributed by atoms with van der Waals surface area (Å²) in [4.78, 5) is 27.4. The first-order valence-corrected chi connectivity index (χ1v) is 14.1. The number of nitrogens with zero attached hydrogens (tertiary/aromatic N) is 1. The highest BCUT2D eigenvalue weighted by molar-refractivity contribution is 7.46. The second-order valence-corrected chi connectivity index (χ2v) is 11.7. The van der Waals surface area contributed by atoms with Crippen LogP contribution in [0.1, 0.15) is 69.9 Å². The van der Waals surface area contributed by atoms with Crippen molar-refractivity contribution < 1.29 is 33.1 Å². The van der Waals surface area contributed by atoms with E-state index in [-0.39, 0.29) is 42.8 Å². The third-order valence-corrected chi connectivity index (χ3v) is 7.86. The van der Waals surface area contributed by atoms with Crippen molar-refractivity contribution in [2.24, 2.45) is 5.92 Å². The Morgan fingerprint density at radius 3 is 2.61 bits per heavy atom. The number of carbonyl (C=O) groups excluding carboxylic acids is 1. The normalized spacial score (nSPS) is 22.6. The van der Waals surface area contributed by atoms with Crippen LogP contribution in [-0.2, 0) is 24.8 Å². The fraction of sp³-hybridized carbons (Fsp3) is 0.593. The second kappa shape index (κ2) is 11.6. The van der Waals surface area contributed by atoms with Crippen molar-refractivity contribution >= 4 is 13.8 Å². The summed E-state index contributed by atoms with van der Waals surface area (Å²) in [7, 11) is -1.13. The molecule has 1 saturated carbocycles. The van der Waals surface area contributed by atoms with Crippen LogP contribution in [0, 0.1) is 5.92 Å². The Balaban J connectivity index is 1.91. The molecule has 0 aromatic heterocycles. The number of phenolic OH excluding ortho intramolecular Hbond substituents is 1. The lowest BCUT2D eigenvalue weighted by Gasteiger charge is -2.32. The number of esters is 1. The van der Waals surface area contributed by atoms with Crippen LogP contribution in [0.15, 0.2) is 35.9 Å². The van der Waals surface area contributed by atoms with Crippen molar-refractivity contribution in [3.63, 3.8) is 0 Å². The Kier molecular flexibility index (Phi) is 9.23. The smallest absolute Gasteiger partial charge is 0.344 e. The van der Waals surface area contributed by atoms with Gasteiger partial charge in [0, 0.05) is 18.0 Å². The summed E-state index contributed by atoms with van der Waals surface area (Å²) in [5, 5.41) is 11.1. The maximum Gasteiger partial charge on any atom is 0.344 e. The van der Waals surface area contributed by atoms with Crippen molar-refractivity contribution in [1.82, 2.24) is 4.90 Å². The number of phosphoric ester groups is 1. The zero-order valence-electron chi connectivity index (χ0n) is 22.0. The number of phosphoric acid groups is 1. The van der Waals surface area contributed by atoms with Gasteiger partial charge in [0.15, 0.2) is 5.60 Å². The summed E-state index contributed by atoms with van der Waals surface area (Å²) >= 11 is 0. The summed E-state index contributed by atoms with van der Waals surface area (Å²) in [6, 6.07) is 3.49. The van der Waals surface area contributed by atoms with Crippen molar-refractivity contribution in [3.8, 4) is 11.5 Å². The number of carbonyl (C=O) groups is 1. The monoisotopic (exact) mass is 520 g/mol. The maximum absolute atomic E-state index is 13.3. The predicted octanol–water partition coefficient (Wildman–Crippen LogP) is 4.86. The van der Waals surface area contributed by atoms with Crippen LogP contribution in [0.25, 0.3) is 0 Å². The van der Waals surface area contributed by atoms with Gasteiger partial charge in [-0.2, -0.15) is 0 Å². The first kappa shape index (κ1) is 28.6. The lowest BCUT2D eigenvalue weighted by molar-refractivity contribution is -0.232. The topological polar surface area (TPSA) is 108 Å². The van der Waals surface area contributed by atoms with Crippen LogP contribution in [0.5, 0.6) is 11.5 Å². The molecular formula is C27H39NO7P-. The molecule has 1 fully saturated rings. The van der Waals surface area contributed by atoms with E-state index in [1.165, 1.54) is 5.57 Å². The van der Waals surface area contributed by atoms with E-state index in [0.29, 0.717) is 18.5 Å². The summed E-state index contributed by atoms with van der Waals surface area (Å²) in [6.07, 6.45) is 5.87. The Hall–Kier alpha value is -1.96. The van der Waals surface area contributed by atoms with Gasteiger partial charge >= 0.3 is 5.97 Å². The molecule has 9 heteroatoms. The Morgan fingerprint density at radius 2 is 2.03 bits per heavy atom. The molecule has 3 atom stereocenters. The second-order valence-electron chi connectivity index (χ2n) is 10.4. The van der Waals surface area contributed by atoms with Crippen molar-refractivity contribution in [2.45, 2.75) is 70.8 Å². The van der Waals surface area contributed by atoms with Gasteiger partial charge in [-0.3, -0.25) is 9.09 Å². The summed E-state index contributed by atoms with van der Waals surface area (Å²) in [6.45, 7) is 10.5. The van der Waals surface area contributed by atoms with Gasteiger partial charge in [-0.25, -0.2) is 4.79 Å². The lowest BCUT2D eigenvalue weighted by atomic mass is 9.73. The average molecular weight is 521 g/mol. The summed E-state index contributed by atoms with van der Waals surface area (Å²) in [5.74, 6) is -0.654. The molecule has 1 aromatic carbocycles. The van der Waals surface area contributed by atoms with Crippen LogP contribution >= 0.6 is 7.82 Å². The molecule has 0 amide bonds. The zero-order chi connectivity index (χ0) is 26.7. The zero-order valence-corrected chi connectivity index (χ0v) is 22.9. The number of rotatable bonds is 12. The van der Waals surface area contributed by atoms with E-state index in [0.717, 1.165) is 30.4 Å². The number of hydrogen-bond acceptors (Lipinski definition) is 8. The minimum atomic E-state index is -4.71. The quantitative estimate of drug-likeness (QED) is 0.180. The molecule has 0 saturated heterocycles. The fourth-order valence-corrected chi connectivity index (χ4v) is 5.68. The number of hydrogen-bond donors (Lipinski definition) is 1. The number of aromatic hydroxyl groups is 1. The number of aryl methyl sites for hydroxylation is 1. The Bertz CT molecular complexity index is 1060. The van der Waals surface area contributed by atoms with Crippen LogP contribution in [-0.4, -0.2) is 48.8 Å². The van der Waals surface area contributed by atoms with Crippen molar-refractivity contribution in [3.05, 3.63) is 47.1 Å². The molecule has 0 radical (unpaired) electrons. The van der Waals surface area contributed by atoms with Crippen LogP contribution in [0.2, 0.25) is 0 Å². The molecule has 1 N–H and O–H groups in total. The van der Waals surface area contributed by atoms with Crippen molar-refractivity contribution in [2.75, 3.05) is 27.2 Å². The first-order chi connectivity index (χ1) is 16.9.